The van der Waals surface area contributed by atoms with E-state index in [0.717, 1.165) is 28.3 Å². The van der Waals surface area contributed by atoms with Gasteiger partial charge in [-0.3, -0.25) is 9.89 Å². The summed E-state index contributed by atoms with van der Waals surface area (Å²) in [7, 11) is 1.18. The van der Waals surface area contributed by atoms with Crippen molar-refractivity contribution in [1.29, 1.82) is 0 Å². The maximum absolute atomic E-state index is 12.9. The predicted molar refractivity (Wildman–Crippen MR) is 110 cm³/mol. The first kappa shape index (κ1) is 21.3. The summed E-state index contributed by atoms with van der Waals surface area (Å²) >= 11 is 0. The van der Waals surface area contributed by atoms with E-state index in [1.165, 1.54) is 22.7 Å². The molecule has 0 spiro atoms. The number of benzene rings is 1. The molecule has 1 aliphatic heterocycles. The number of carbonyl (C=O) groups excluding carboxylic acids is 1. The zero-order chi connectivity index (χ0) is 21.2. The zero-order valence-corrected chi connectivity index (χ0v) is 18.0. The lowest BCUT2D eigenvalue weighted by Gasteiger charge is -2.35. The van der Waals surface area contributed by atoms with Crippen molar-refractivity contribution in [2.75, 3.05) is 47.4 Å². The number of methoxy groups -OCH3 is 1. The second kappa shape index (κ2) is 8.52. The molecule has 9 nitrogen and oxygen atoms in total. The number of aromatic amines is 1. The summed E-state index contributed by atoms with van der Waals surface area (Å²) < 4.78 is 32.3. The van der Waals surface area contributed by atoms with E-state index in [0.29, 0.717) is 26.2 Å². The number of nitrogens with one attached hydrogen (secondary N) is 1. The van der Waals surface area contributed by atoms with E-state index in [-0.39, 0.29) is 12.3 Å². The van der Waals surface area contributed by atoms with Crippen LogP contribution >= 0.6 is 0 Å². The minimum absolute atomic E-state index is 0.0360. The van der Waals surface area contributed by atoms with Crippen molar-refractivity contribution in [3.8, 4) is 17.0 Å². The molecule has 0 aliphatic carbocycles. The molecule has 1 saturated heterocycles. The first-order chi connectivity index (χ1) is 13.7. The van der Waals surface area contributed by atoms with Crippen molar-refractivity contribution in [2.24, 2.45) is 0 Å². The molecule has 0 bridgehead atoms. The number of amides is 1. The topological polar surface area (TPSA) is 98.8 Å². The van der Waals surface area contributed by atoms with E-state index in [1.807, 2.05) is 31.2 Å². The standard InChI is InChI=1S/C19H27N5O4S/c1-14-17(19(21-20-14)15-5-7-16(28-4)8-6-15)13-18(25)23-9-11-24(12-10-23)29(26,27)22(2)3/h5-8H,9-13H2,1-4H3,(H,20,21). The van der Waals surface area contributed by atoms with E-state index in [2.05, 4.69) is 10.2 Å². The van der Waals surface area contributed by atoms with Gasteiger partial charge in [-0.2, -0.15) is 22.1 Å². The Balaban J connectivity index is 1.70. The maximum atomic E-state index is 12.9. The van der Waals surface area contributed by atoms with Crippen molar-refractivity contribution in [2.45, 2.75) is 13.3 Å². The third-order valence-corrected chi connectivity index (χ3v) is 7.09. The number of aromatic nitrogens is 2. The first-order valence-electron chi connectivity index (χ1n) is 9.37. The lowest BCUT2D eigenvalue weighted by atomic mass is 10.0. The number of H-pyrrole nitrogens is 1. The molecule has 1 fully saturated rings. The van der Waals surface area contributed by atoms with Crippen molar-refractivity contribution in [1.82, 2.24) is 23.7 Å². The number of nitrogens with zero attached hydrogens (tertiary/aromatic N) is 4. The molecular formula is C19H27N5O4S. The van der Waals surface area contributed by atoms with E-state index < -0.39 is 10.2 Å². The van der Waals surface area contributed by atoms with Gasteiger partial charge in [-0.05, 0) is 31.2 Å². The highest BCUT2D eigenvalue weighted by Crippen LogP contribution is 2.26. The van der Waals surface area contributed by atoms with E-state index in [4.69, 9.17) is 4.74 Å². The van der Waals surface area contributed by atoms with Crippen LogP contribution in [0.15, 0.2) is 24.3 Å². The van der Waals surface area contributed by atoms with Gasteiger partial charge in [0, 0.05) is 57.1 Å². The van der Waals surface area contributed by atoms with Gasteiger partial charge in [-0.15, -0.1) is 0 Å². The van der Waals surface area contributed by atoms with Crippen LogP contribution in [0.5, 0.6) is 5.75 Å². The molecule has 10 heteroatoms. The highest BCUT2D eigenvalue weighted by atomic mass is 32.2. The zero-order valence-electron chi connectivity index (χ0n) is 17.2. The Bertz CT molecular complexity index is 961. The SMILES string of the molecule is COc1ccc(-c2n[nH]c(C)c2CC(=O)N2CCN(S(=O)(=O)N(C)C)CC2)cc1. The van der Waals surface area contributed by atoms with Crippen molar-refractivity contribution in [3.05, 3.63) is 35.5 Å². The van der Waals surface area contributed by atoms with Crippen LogP contribution in [0, 0.1) is 6.92 Å². The highest BCUT2D eigenvalue weighted by Gasteiger charge is 2.30. The van der Waals surface area contributed by atoms with Crippen molar-refractivity contribution < 1.29 is 17.9 Å². The normalized spacial score (nSPS) is 15.7. The number of aryl methyl sites for hydroxylation is 1. The van der Waals surface area contributed by atoms with E-state index >= 15 is 0 Å². The van der Waals surface area contributed by atoms with E-state index in [9.17, 15) is 13.2 Å². The van der Waals surface area contributed by atoms with Gasteiger partial charge >= 0.3 is 0 Å². The minimum Gasteiger partial charge on any atom is -0.497 e. The molecule has 1 aromatic carbocycles. The predicted octanol–water partition coefficient (Wildman–Crippen LogP) is 0.887. The molecule has 0 saturated carbocycles. The first-order valence-corrected chi connectivity index (χ1v) is 10.8. The molecule has 1 N–H and O–H groups in total. The van der Waals surface area contributed by atoms with Gasteiger partial charge in [0.15, 0.2) is 0 Å². The smallest absolute Gasteiger partial charge is 0.281 e. The van der Waals surface area contributed by atoms with Crippen LogP contribution in [0.2, 0.25) is 0 Å². The lowest BCUT2D eigenvalue weighted by molar-refractivity contribution is -0.131. The van der Waals surface area contributed by atoms with Crippen molar-refractivity contribution >= 4 is 16.1 Å². The molecular weight excluding hydrogens is 394 g/mol. The van der Waals surface area contributed by atoms with Gasteiger partial charge in [0.1, 0.15) is 5.75 Å². The Morgan fingerprint density at radius 2 is 1.79 bits per heavy atom. The van der Waals surface area contributed by atoms with Crippen LogP contribution in [-0.4, -0.2) is 85.4 Å². The monoisotopic (exact) mass is 421 g/mol. The molecule has 1 amide bonds. The van der Waals surface area contributed by atoms with Crippen LogP contribution in [0.3, 0.4) is 0 Å². The van der Waals surface area contributed by atoms with Crippen LogP contribution in [0.4, 0.5) is 0 Å². The van der Waals surface area contributed by atoms with Gasteiger partial charge in [-0.1, -0.05) is 0 Å². The average molecular weight is 422 g/mol. The molecule has 1 aliphatic rings. The number of rotatable bonds is 6. The third kappa shape index (κ3) is 4.44. The summed E-state index contributed by atoms with van der Waals surface area (Å²) in [5, 5.41) is 7.34. The molecule has 2 heterocycles. The summed E-state index contributed by atoms with van der Waals surface area (Å²) in [6.07, 6.45) is 0.212. The highest BCUT2D eigenvalue weighted by molar-refractivity contribution is 7.86. The number of carbonyl (C=O) groups is 1. The van der Waals surface area contributed by atoms with Crippen LogP contribution in [0.1, 0.15) is 11.3 Å². The fraction of sp³-hybridized carbons (Fsp3) is 0.474. The lowest BCUT2D eigenvalue weighted by Crippen LogP contribution is -2.53. The average Bonchev–Trinajstić information content (AvgIpc) is 3.08. The Morgan fingerprint density at radius 1 is 1.17 bits per heavy atom. The molecule has 29 heavy (non-hydrogen) atoms. The third-order valence-electron chi connectivity index (χ3n) is 5.14. The Labute approximate surface area is 171 Å². The number of piperazine rings is 1. The Kier molecular flexibility index (Phi) is 6.25. The maximum Gasteiger partial charge on any atom is 0.281 e. The molecule has 3 rings (SSSR count). The quantitative estimate of drug-likeness (QED) is 0.747. The fourth-order valence-electron chi connectivity index (χ4n) is 3.32. The molecule has 1 aromatic heterocycles. The molecule has 2 aromatic rings. The summed E-state index contributed by atoms with van der Waals surface area (Å²) in [6, 6.07) is 7.53. The van der Waals surface area contributed by atoms with Gasteiger partial charge in [-0.25, -0.2) is 0 Å². The van der Waals surface area contributed by atoms with Crippen LogP contribution in [-0.2, 0) is 21.4 Å². The Morgan fingerprint density at radius 3 is 2.34 bits per heavy atom. The van der Waals surface area contributed by atoms with Crippen LogP contribution in [0.25, 0.3) is 11.3 Å². The van der Waals surface area contributed by atoms with Gasteiger partial charge in [0.05, 0.1) is 19.2 Å². The largest absolute Gasteiger partial charge is 0.497 e. The fourth-order valence-corrected chi connectivity index (χ4v) is 4.41. The van der Waals surface area contributed by atoms with Gasteiger partial charge in [0.25, 0.3) is 10.2 Å². The Hall–Kier alpha value is -2.43. The van der Waals surface area contributed by atoms with Crippen molar-refractivity contribution in [3.63, 3.8) is 0 Å². The van der Waals surface area contributed by atoms with Crippen LogP contribution < -0.4 is 4.74 Å². The summed E-state index contributed by atoms with van der Waals surface area (Å²) in [5.74, 6) is 0.718. The molecule has 158 valence electrons. The summed E-state index contributed by atoms with van der Waals surface area (Å²) in [6.45, 7) is 3.23. The van der Waals surface area contributed by atoms with Gasteiger partial charge < -0.3 is 9.64 Å². The molecule has 0 atom stereocenters. The van der Waals surface area contributed by atoms with Gasteiger partial charge in [0.2, 0.25) is 5.91 Å². The van der Waals surface area contributed by atoms with E-state index in [1.54, 1.807) is 12.0 Å². The second-order valence-corrected chi connectivity index (χ2v) is 9.29. The summed E-state index contributed by atoms with van der Waals surface area (Å²) in [4.78, 5) is 14.6. The number of hydrogen-bond acceptors (Lipinski definition) is 5. The number of hydrogen-bond donors (Lipinski definition) is 1. The minimum atomic E-state index is -3.45. The molecule has 0 radical (unpaired) electrons. The second-order valence-electron chi connectivity index (χ2n) is 7.15. The summed E-state index contributed by atoms with van der Waals surface area (Å²) in [5.41, 5.74) is 3.34. The molecule has 0 unspecified atom stereocenters. The number of ether oxygens (including phenoxy) is 1.